The Bertz CT molecular complexity index is 1280. The van der Waals surface area contributed by atoms with Gasteiger partial charge in [0, 0.05) is 11.8 Å². The van der Waals surface area contributed by atoms with Crippen LogP contribution in [0.15, 0.2) is 83.5 Å². The van der Waals surface area contributed by atoms with Crippen LogP contribution in [0.3, 0.4) is 0 Å². The van der Waals surface area contributed by atoms with E-state index in [1.807, 2.05) is 6.07 Å². The van der Waals surface area contributed by atoms with Gasteiger partial charge in [-0.2, -0.15) is 0 Å². The van der Waals surface area contributed by atoms with E-state index in [2.05, 4.69) is 5.32 Å². The summed E-state index contributed by atoms with van der Waals surface area (Å²) in [5, 5.41) is 2.68. The lowest BCUT2D eigenvalue weighted by molar-refractivity contribution is -0.120. The number of rotatable bonds is 6. The summed E-state index contributed by atoms with van der Waals surface area (Å²) in [5.41, 5.74) is 1.99. The van der Waals surface area contributed by atoms with Gasteiger partial charge in [-0.25, -0.2) is 9.69 Å². The number of carbonyl (C=O) groups excluding carboxylic acids is 3. The third kappa shape index (κ3) is 4.44. The largest absolute Gasteiger partial charge is 0.497 e. The van der Waals surface area contributed by atoms with Crippen LogP contribution in [0.25, 0.3) is 0 Å². The van der Waals surface area contributed by atoms with E-state index in [9.17, 15) is 14.4 Å². The first-order valence-electron chi connectivity index (χ1n) is 9.96. The van der Waals surface area contributed by atoms with E-state index >= 15 is 0 Å². The quantitative estimate of drug-likeness (QED) is 0.326. The topological polar surface area (TPSA) is 84.9 Å². The van der Waals surface area contributed by atoms with E-state index in [1.165, 1.54) is 7.11 Å². The minimum absolute atomic E-state index is 0.0309. The van der Waals surface area contributed by atoms with Crippen molar-refractivity contribution in [3.05, 3.63) is 94.7 Å². The molecule has 1 heterocycles. The molecule has 0 unspecified atom stereocenters. The Balaban J connectivity index is 1.48. The molecule has 0 aromatic heterocycles. The van der Waals surface area contributed by atoms with Crippen molar-refractivity contribution in [2.45, 2.75) is 6.92 Å². The van der Waals surface area contributed by atoms with Gasteiger partial charge in [-0.05, 0) is 55.0 Å². The zero-order chi connectivity index (χ0) is 23.5. The number of esters is 1. The van der Waals surface area contributed by atoms with Crippen LogP contribution in [0, 0.1) is 6.92 Å². The predicted molar refractivity (Wildman–Crippen MR) is 125 cm³/mol. The number of aryl methyl sites for hydroxylation is 1. The van der Waals surface area contributed by atoms with Gasteiger partial charge < -0.3 is 14.8 Å². The number of hydrogen-bond acceptors (Lipinski definition) is 6. The van der Waals surface area contributed by atoms with Gasteiger partial charge in [-0.15, -0.1) is 0 Å². The Morgan fingerprint density at radius 2 is 1.61 bits per heavy atom. The first kappa shape index (κ1) is 22.1. The average Bonchev–Trinajstić information content (AvgIpc) is 3.03. The number of halogens is 1. The monoisotopic (exact) mass is 462 g/mol. The Morgan fingerprint density at radius 1 is 0.909 bits per heavy atom. The van der Waals surface area contributed by atoms with E-state index in [4.69, 9.17) is 21.1 Å². The molecule has 2 amide bonds. The number of carbonyl (C=O) groups is 3. The molecule has 1 aliphatic rings. The third-order valence-corrected chi connectivity index (χ3v) is 5.38. The molecule has 1 N–H and O–H groups in total. The summed E-state index contributed by atoms with van der Waals surface area (Å²) in [7, 11) is 1.53. The van der Waals surface area contributed by atoms with Gasteiger partial charge >= 0.3 is 5.97 Å². The average molecular weight is 463 g/mol. The SMILES string of the molecule is COc1cccc(OC(=O)c2ccc(NC3=C(Cl)C(=O)N(c4ccccc4C)C3=O)cc2)c1. The summed E-state index contributed by atoms with van der Waals surface area (Å²) in [6.07, 6.45) is 0. The maximum Gasteiger partial charge on any atom is 0.343 e. The molecule has 33 heavy (non-hydrogen) atoms. The fourth-order valence-corrected chi connectivity index (χ4v) is 3.52. The number of imide groups is 1. The number of nitrogens with zero attached hydrogens (tertiary/aromatic N) is 1. The van der Waals surface area contributed by atoms with Gasteiger partial charge in [-0.1, -0.05) is 35.9 Å². The zero-order valence-electron chi connectivity index (χ0n) is 17.8. The Morgan fingerprint density at radius 3 is 2.30 bits per heavy atom. The Hall–Kier alpha value is -4.10. The summed E-state index contributed by atoms with van der Waals surface area (Å²) < 4.78 is 10.5. The number of amides is 2. The van der Waals surface area contributed by atoms with Crippen molar-refractivity contribution in [3.8, 4) is 11.5 Å². The second-order valence-corrected chi connectivity index (χ2v) is 7.57. The number of nitrogens with one attached hydrogen (secondary N) is 1. The Kier molecular flexibility index (Phi) is 6.15. The molecule has 3 aromatic rings. The predicted octanol–water partition coefficient (Wildman–Crippen LogP) is 4.66. The summed E-state index contributed by atoms with van der Waals surface area (Å²) >= 11 is 6.19. The van der Waals surface area contributed by atoms with Gasteiger partial charge in [0.1, 0.15) is 22.2 Å². The van der Waals surface area contributed by atoms with Gasteiger partial charge in [0.15, 0.2) is 0 Å². The number of ether oxygens (including phenoxy) is 2. The lowest BCUT2D eigenvalue weighted by atomic mass is 10.2. The smallest absolute Gasteiger partial charge is 0.343 e. The van der Waals surface area contributed by atoms with Crippen molar-refractivity contribution < 1.29 is 23.9 Å². The van der Waals surface area contributed by atoms with Crippen LogP contribution < -0.4 is 19.7 Å². The van der Waals surface area contributed by atoms with E-state index < -0.39 is 17.8 Å². The normalized spacial score (nSPS) is 13.4. The highest BCUT2D eigenvalue weighted by molar-refractivity contribution is 6.53. The Labute approximate surface area is 195 Å². The maximum atomic E-state index is 12.9. The van der Waals surface area contributed by atoms with Crippen LogP contribution in [0.1, 0.15) is 15.9 Å². The molecule has 0 spiro atoms. The van der Waals surface area contributed by atoms with Crippen LogP contribution in [-0.4, -0.2) is 24.9 Å². The molecule has 1 aliphatic heterocycles. The summed E-state index contributed by atoms with van der Waals surface area (Å²) in [6.45, 7) is 1.80. The number of benzene rings is 3. The maximum absolute atomic E-state index is 12.9. The second kappa shape index (κ2) is 9.18. The molecule has 7 nitrogen and oxygen atoms in total. The highest BCUT2D eigenvalue weighted by Gasteiger charge is 2.39. The minimum Gasteiger partial charge on any atom is -0.497 e. The van der Waals surface area contributed by atoms with Crippen molar-refractivity contribution >= 4 is 40.8 Å². The van der Waals surface area contributed by atoms with Crippen molar-refractivity contribution in [2.75, 3.05) is 17.3 Å². The van der Waals surface area contributed by atoms with Gasteiger partial charge in [-0.3, -0.25) is 9.59 Å². The summed E-state index contributed by atoms with van der Waals surface area (Å²) in [4.78, 5) is 39.0. The van der Waals surface area contributed by atoms with Gasteiger partial charge in [0.25, 0.3) is 11.8 Å². The minimum atomic E-state index is -0.600. The molecular weight excluding hydrogens is 444 g/mol. The third-order valence-electron chi connectivity index (χ3n) is 5.03. The van der Waals surface area contributed by atoms with E-state index in [0.29, 0.717) is 28.4 Å². The number of anilines is 2. The molecular formula is C25H19ClN2O5. The lowest BCUT2D eigenvalue weighted by Gasteiger charge is -2.17. The molecule has 0 saturated heterocycles. The van der Waals surface area contributed by atoms with Crippen molar-refractivity contribution in [2.24, 2.45) is 0 Å². The van der Waals surface area contributed by atoms with Crippen molar-refractivity contribution in [1.29, 1.82) is 0 Å². The number of para-hydroxylation sites is 1. The van der Waals surface area contributed by atoms with Crippen LogP contribution in [-0.2, 0) is 9.59 Å². The van der Waals surface area contributed by atoms with Crippen LogP contribution in [0.2, 0.25) is 0 Å². The molecule has 0 atom stereocenters. The standard InChI is InChI=1S/C25H19ClN2O5/c1-15-6-3-4-9-20(15)28-23(29)21(26)22(24(28)30)27-17-12-10-16(11-13-17)25(31)33-19-8-5-7-18(14-19)32-2/h3-14,27H,1-2H3. The van der Waals surface area contributed by atoms with Crippen LogP contribution in [0.5, 0.6) is 11.5 Å². The van der Waals surface area contributed by atoms with E-state index in [1.54, 1.807) is 73.7 Å². The van der Waals surface area contributed by atoms with Gasteiger partial charge in [0.2, 0.25) is 0 Å². The highest BCUT2D eigenvalue weighted by Crippen LogP contribution is 2.32. The molecule has 0 aliphatic carbocycles. The van der Waals surface area contributed by atoms with E-state index in [-0.39, 0.29) is 10.7 Å². The van der Waals surface area contributed by atoms with Gasteiger partial charge in [0.05, 0.1) is 18.4 Å². The molecule has 0 bridgehead atoms. The summed E-state index contributed by atoms with van der Waals surface area (Å²) in [6, 6.07) is 20.0. The first-order chi connectivity index (χ1) is 15.9. The molecule has 4 rings (SSSR count). The van der Waals surface area contributed by atoms with Crippen molar-refractivity contribution in [3.63, 3.8) is 0 Å². The van der Waals surface area contributed by atoms with Crippen molar-refractivity contribution in [1.82, 2.24) is 0 Å². The molecule has 166 valence electrons. The van der Waals surface area contributed by atoms with Crippen LogP contribution >= 0.6 is 11.6 Å². The molecule has 0 radical (unpaired) electrons. The highest BCUT2D eigenvalue weighted by atomic mass is 35.5. The second-order valence-electron chi connectivity index (χ2n) is 7.19. The van der Waals surface area contributed by atoms with E-state index in [0.717, 1.165) is 10.5 Å². The van der Waals surface area contributed by atoms with Crippen LogP contribution in [0.4, 0.5) is 11.4 Å². The fourth-order valence-electron chi connectivity index (χ4n) is 3.31. The fraction of sp³-hybridized carbons (Fsp3) is 0.0800. The lowest BCUT2D eigenvalue weighted by Crippen LogP contribution is -2.32. The molecule has 0 saturated carbocycles. The number of hydrogen-bond donors (Lipinski definition) is 1. The number of methoxy groups -OCH3 is 1. The first-order valence-corrected chi connectivity index (χ1v) is 10.3. The zero-order valence-corrected chi connectivity index (χ0v) is 18.6. The molecule has 0 fully saturated rings. The molecule has 8 heteroatoms. The molecule has 3 aromatic carbocycles. The summed E-state index contributed by atoms with van der Waals surface area (Å²) in [5.74, 6) is -0.784.